The summed E-state index contributed by atoms with van der Waals surface area (Å²) in [5.74, 6) is 0.739. The number of nitrogens with zero attached hydrogens (tertiary/aromatic N) is 3. The van der Waals surface area contributed by atoms with Gasteiger partial charge in [-0.3, -0.25) is 4.79 Å². The van der Waals surface area contributed by atoms with E-state index in [1.165, 1.54) is 25.7 Å². The van der Waals surface area contributed by atoms with Crippen LogP contribution in [0, 0.1) is 12.8 Å². The van der Waals surface area contributed by atoms with Gasteiger partial charge in [0.15, 0.2) is 0 Å². The highest BCUT2D eigenvalue weighted by molar-refractivity contribution is 6.33. The molecule has 0 spiro atoms. The molecule has 0 bridgehead atoms. The molecule has 5 heteroatoms. The zero-order valence-electron chi connectivity index (χ0n) is 15.3. The number of carbonyl (C=O) groups is 1. The number of carbonyl (C=O) groups excluding carboxylic acids is 1. The van der Waals surface area contributed by atoms with Crippen molar-refractivity contribution in [2.24, 2.45) is 5.92 Å². The summed E-state index contributed by atoms with van der Waals surface area (Å²) in [6, 6.07) is 10.5. The van der Waals surface area contributed by atoms with Gasteiger partial charge in [-0.1, -0.05) is 54.8 Å². The van der Waals surface area contributed by atoms with Crippen molar-refractivity contribution in [1.29, 1.82) is 0 Å². The second kappa shape index (κ2) is 7.43. The molecular weight excluding hydrogens is 346 g/mol. The van der Waals surface area contributed by atoms with Gasteiger partial charge < -0.3 is 4.90 Å². The molecule has 2 atom stereocenters. The Balaban J connectivity index is 1.60. The fourth-order valence-electron chi connectivity index (χ4n) is 4.68. The molecule has 1 aromatic heterocycles. The summed E-state index contributed by atoms with van der Waals surface area (Å²) in [5, 5.41) is 5.03. The lowest BCUT2D eigenvalue weighted by Crippen LogP contribution is -2.49. The zero-order chi connectivity index (χ0) is 18.1. The van der Waals surface area contributed by atoms with Crippen molar-refractivity contribution in [3.8, 4) is 0 Å². The van der Waals surface area contributed by atoms with Crippen LogP contribution in [0.4, 0.5) is 0 Å². The standard InChI is InChI=1S/C21H26ClN3O/c1-15-19(20(22)25(23-15)14-16-8-3-2-4-9-16)21(26)24-13-7-11-17-10-5-6-12-18(17)24/h2-4,8-9,17-18H,5-7,10-14H2,1H3. The second-order valence-corrected chi connectivity index (χ2v) is 8.01. The van der Waals surface area contributed by atoms with Crippen molar-refractivity contribution in [2.45, 2.75) is 58.0 Å². The Morgan fingerprint density at radius 1 is 1.15 bits per heavy atom. The lowest BCUT2D eigenvalue weighted by atomic mass is 9.78. The molecule has 1 saturated heterocycles. The number of likely N-dealkylation sites (tertiary alicyclic amines) is 1. The fourth-order valence-corrected chi connectivity index (χ4v) is 4.99. The molecule has 4 rings (SSSR count). The second-order valence-electron chi connectivity index (χ2n) is 7.65. The zero-order valence-corrected chi connectivity index (χ0v) is 16.1. The highest BCUT2D eigenvalue weighted by atomic mass is 35.5. The van der Waals surface area contributed by atoms with Crippen molar-refractivity contribution in [2.75, 3.05) is 6.54 Å². The molecule has 2 unspecified atom stereocenters. The third kappa shape index (κ3) is 3.27. The molecule has 1 aliphatic carbocycles. The molecule has 138 valence electrons. The van der Waals surface area contributed by atoms with E-state index in [-0.39, 0.29) is 5.91 Å². The molecule has 0 radical (unpaired) electrons. The molecule has 1 aromatic carbocycles. The highest BCUT2D eigenvalue weighted by Crippen LogP contribution is 2.37. The Kier molecular flexibility index (Phi) is 5.03. The average Bonchev–Trinajstić information content (AvgIpc) is 2.95. The molecule has 1 amide bonds. The van der Waals surface area contributed by atoms with Crippen molar-refractivity contribution in [3.05, 3.63) is 52.3 Å². The third-order valence-corrected chi connectivity index (χ3v) is 6.34. The number of rotatable bonds is 3. The Bertz CT molecular complexity index is 784. The van der Waals surface area contributed by atoms with Crippen LogP contribution in [0.2, 0.25) is 5.15 Å². The predicted molar refractivity (Wildman–Crippen MR) is 104 cm³/mol. The molecule has 4 nitrogen and oxygen atoms in total. The summed E-state index contributed by atoms with van der Waals surface area (Å²) >= 11 is 6.62. The SMILES string of the molecule is Cc1nn(Cc2ccccc2)c(Cl)c1C(=O)N1CCCC2CCCCC21. The summed E-state index contributed by atoms with van der Waals surface area (Å²) in [7, 11) is 0. The molecule has 0 N–H and O–H groups in total. The predicted octanol–water partition coefficient (Wildman–Crippen LogP) is 4.69. The normalized spacial score (nSPS) is 22.9. The Hall–Kier alpha value is -1.81. The van der Waals surface area contributed by atoms with Crippen LogP contribution in [0.5, 0.6) is 0 Å². The molecule has 2 aromatic rings. The van der Waals surface area contributed by atoms with E-state index < -0.39 is 0 Å². The van der Waals surface area contributed by atoms with E-state index in [1.54, 1.807) is 4.68 Å². The summed E-state index contributed by atoms with van der Waals surface area (Å²) in [6.07, 6.45) is 7.28. The van der Waals surface area contributed by atoms with Crippen molar-refractivity contribution in [3.63, 3.8) is 0 Å². The van der Waals surface area contributed by atoms with Crippen molar-refractivity contribution in [1.82, 2.24) is 14.7 Å². The number of fused-ring (bicyclic) bond motifs is 1. The van der Waals surface area contributed by atoms with Crippen LogP contribution in [0.15, 0.2) is 30.3 Å². The summed E-state index contributed by atoms with van der Waals surface area (Å²) < 4.78 is 1.75. The number of aromatic nitrogens is 2. The maximum Gasteiger partial charge on any atom is 0.259 e. The topological polar surface area (TPSA) is 38.1 Å². The van der Waals surface area contributed by atoms with E-state index in [4.69, 9.17) is 11.6 Å². The number of piperidine rings is 1. The minimum Gasteiger partial charge on any atom is -0.335 e. The maximum absolute atomic E-state index is 13.4. The summed E-state index contributed by atoms with van der Waals surface area (Å²) in [5.41, 5.74) is 2.45. The van der Waals surface area contributed by atoms with E-state index in [9.17, 15) is 4.79 Å². The Labute approximate surface area is 160 Å². The number of hydrogen-bond donors (Lipinski definition) is 0. The van der Waals surface area contributed by atoms with Crippen molar-refractivity contribution >= 4 is 17.5 Å². The van der Waals surface area contributed by atoms with Gasteiger partial charge in [0.25, 0.3) is 5.91 Å². The molecule has 2 aliphatic rings. The maximum atomic E-state index is 13.4. The molecular formula is C21H26ClN3O. The number of hydrogen-bond acceptors (Lipinski definition) is 2. The van der Waals surface area contributed by atoms with Crippen LogP contribution in [-0.2, 0) is 6.54 Å². The van der Waals surface area contributed by atoms with Crippen LogP contribution in [0.25, 0.3) is 0 Å². The van der Waals surface area contributed by atoms with Crippen LogP contribution >= 0.6 is 11.6 Å². The van der Waals surface area contributed by atoms with Crippen LogP contribution in [0.1, 0.15) is 60.1 Å². The Morgan fingerprint density at radius 3 is 2.69 bits per heavy atom. The fraction of sp³-hybridized carbons (Fsp3) is 0.524. The largest absolute Gasteiger partial charge is 0.335 e. The first-order chi connectivity index (χ1) is 12.6. The van der Waals surface area contributed by atoms with Gasteiger partial charge in [0.05, 0.1) is 17.8 Å². The minimum absolute atomic E-state index is 0.0726. The van der Waals surface area contributed by atoms with Gasteiger partial charge in [-0.2, -0.15) is 5.10 Å². The van der Waals surface area contributed by atoms with Crippen LogP contribution in [0.3, 0.4) is 0 Å². The van der Waals surface area contributed by atoms with Gasteiger partial charge in [-0.05, 0) is 44.1 Å². The first kappa shape index (κ1) is 17.6. The van der Waals surface area contributed by atoms with E-state index in [1.807, 2.05) is 37.3 Å². The summed E-state index contributed by atoms with van der Waals surface area (Å²) in [6.45, 7) is 3.32. The van der Waals surface area contributed by atoms with Gasteiger partial charge in [0, 0.05) is 12.6 Å². The number of benzene rings is 1. The summed E-state index contributed by atoms with van der Waals surface area (Å²) in [4.78, 5) is 15.4. The third-order valence-electron chi connectivity index (χ3n) is 5.96. The van der Waals surface area contributed by atoms with E-state index in [0.29, 0.717) is 29.2 Å². The van der Waals surface area contributed by atoms with E-state index in [2.05, 4.69) is 10.00 Å². The quantitative estimate of drug-likeness (QED) is 0.785. The average molecular weight is 372 g/mol. The Morgan fingerprint density at radius 2 is 1.88 bits per heavy atom. The van der Waals surface area contributed by atoms with Gasteiger partial charge in [0.1, 0.15) is 5.15 Å². The highest BCUT2D eigenvalue weighted by Gasteiger charge is 2.37. The van der Waals surface area contributed by atoms with Gasteiger partial charge >= 0.3 is 0 Å². The van der Waals surface area contributed by atoms with Gasteiger partial charge in [-0.25, -0.2) is 4.68 Å². The van der Waals surface area contributed by atoms with Gasteiger partial charge in [-0.15, -0.1) is 0 Å². The lowest BCUT2D eigenvalue weighted by molar-refractivity contribution is 0.0390. The van der Waals surface area contributed by atoms with E-state index >= 15 is 0 Å². The monoisotopic (exact) mass is 371 g/mol. The smallest absolute Gasteiger partial charge is 0.259 e. The molecule has 2 heterocycles. The van der Waals surface area contributed by atoms with Crippen LogP contribution < -0.4 is 0 Å². The first-order valence-electron chi connectivity index (χ1n) is 9.73. The van der Waals surface area contributed by atoms with Crippen LogP contribution in [-0.4, -0.2) is 33.2 Å². The molecule has 26 heavy (non-hydrogen) atoms. The van der Waals surface area contributed by atoms with Gasteiger partial charge in [0.2, 0.25) is 0 Å². The number of aryl methyl sites for hydroxylation is 1. The number of halogens is 1. The molecule has 1 aliphatic heterocycles. The lowest BCUT2D eigenvalue weighted by Gasteiger charge is -2.44. The van der Waals surface area contributed by atoms with Crippen molar-refractivity contribution < 1.29 is 4.79 Å². The number of amides is 1. The van der Waals surface area contributed by atoms with E-state index in [0.717, 1.165) is 30.6 Å². The first-order valence-corrected chi connectivity index (χ1v) is 10.1. The minimum atomic E-state index is 0.0726. The molecule has 2 fully saturated rings. The molecule has 1 saturated carbocycles.